The number of hydrogen-bond acceptors (Lipinski definition) is 1. The van der Waals surface area contributed by atoms with E-state index in [0.29, 0.717) is 5.92 Å². The maximum absolute atomic E-state index is 6.51. The second kappa shape index (κ2) is 12.8. The van der Waals surface area contributed by atoms with Gasteiger partial charge in [0.1, 0.15) is 5.75 Å². The van der Waals surface area contributed by atoms with Crippen LogP contribution in [0.1, 0.15) is 52.0 Å². The monoisotopic (exact) mass is 496 g/mol. The molecule has 0 N–H and O–H groups in total. The minimum atomic E-state index is 0.548. The standard InChI is InChI=1S/C34H37ClO/c1-4-6-8-14-27-19-22-32(26-12-9-7-10-13-26)34(29-15-11-16-30(35)23-29)33(27)28-17-20-31(21-18-28)36-24-25(3)5-2/h7,9-13,15-23,25H,4-6,8,14,24H2,1-3H3. The molecule has 0 bridgehead atoms. The van der Waals surface area contributed by atoms with Gasteiger partial charge in [-0.05, 0) is 82.0 Å². The molecule has 4 aromatic rings. The van der Waals surface area contributed by atoms with Gasteiger partial charge in [-0.15, -0.1) is 0 Å². The molecule has 0 spiro atoms. The van der Waals surface area contributed by atoms with Crippen molar-refractivity contribution in [1.82, 2.24) is 0 Å². The Morgan fingerprint density at radius 1 is 0.722 bits per heavy atom. The lowest BCUT2D eigenvalue weighted by Gasteiger charge is -2.21. The molecular formula is C34H37ClO. The fourth-order valence-electron chi connectivity index (χ4n) is 4.63. The SMILES string of the molecule is CCCCCc1ccc(-c2ccccc2)c(-c2cccc(Cl)c2)c1-c1ccc(OCC(C)CC)cc1. The maximum Gasteiger partial charge on any atom is 0.119 e. The van der Waals surface area contributed by atoms with Crippen molar-refractivity contribution < 1.29 is 4.74 Å². The van der Waals surface area contributed by atoms with Crippen LogP contribution in [0.4, 0.5) is 0 Å². The third-order valence-electron chi connectivity index (χ3n) is 6.91. The number of rotatable bonds is 11. The minimum absolute atomic E-state index is 0.548. The second-order valence-electron chi connectivity index (χ2n) is 9.70. The predicted octanol–water partition coefficient (Wildman–Crippen LogP) is 10.5. The molecule has 0 heterocycles. The van der Waals surface area contributed by atoms with Crippen LogP contribution in [-0.4, -0.2) is 6.61 Å². The Bertz CT molecular complexity index is 1240. The van der Waals surface area contributed by atoms with Crippen LogP contribution in [0.3, 0.4) is 0 Å². The minimum Gasteiger partial charge on any atom is -0.493 e. The lowest BCUT2D eigenvalue weighted by atomic mass is 9.83. The molecule has 0 amide bonds. The molecule has 36 heavy (non-hydrogen) atoms. The van der Waals surface area contributed by atoms with E-state index in [1.165, 1.54) is 52.6 Å². The van der Waals surface area contributed by atoms with E-state index in [1.54, 1.807) is 0 Å². The molecule has 1 atom stereocenters. The van der Waals surface area contributed by atoms with Crippen molar-refractivity contribution in [2.45, 2.75) is 52.9 Å². The fraction of sp³-hybridized carbons (Fsp3) is 0.294. The number of benzene rings is 4. The Morgan fingerprint density at radius 3 is 2.17 bits per heavy atom. The molecule has 0 saturated heterocycles. The van der Waals surface area contributed by atoms with Crippen LogP contribution in [0.15, 0.2) is 91.0 Å². The average Bonchev–Trinajstić information content (AvgIpc) is 2.92. The van der Waals surface area contributed by atoms with Gasteiger partial charge in [0.25, 0.3) is 0 Å². The number of halogens is 1. The highest BCUT2D eigenvalue weighted by Gasteiger charge is 2.18. The van der Waals surface area contributed by atoms with Crippen LogP contribution in [0.25, 0.3) is 33.4 Å². The van der Waals surface area contributed by atoms with Crippen molar-refractivity contribution in [2.24, 2.45) is 5.92 Å². The number of ether oxygens (including phenoxy) is 1. The molecule has 2 heteroatoms. The second-order valence-corrected chi connectivity index (χ2v) is 10.1. The Kier molecular flexibility index (Phi) is 9.25. The highest BCUT2D eigenvalue weighted by Crippen LogP contribution is 2.43. The van der Waals surface area contributed by atoms with Crippen molar-refractivity contribution in [1.29, 1.82) is 0 Å². The fourth-order valence-corrected chi connectivity index (χ4v) is 4.82. The molecule has 186 valence electrons. The number of hydrogen-bond donors (Lipinski definition) is 0. The first kappa shape index (κ1) is 26.0. The van der Waals surface area contributed by atoms with Gasteiger partial charge in [-0.2, -0.15) is 0 Å². The third kappa shape index (κ3) is 6.39. The molecule has 4 rings (SSSR count). The first-order valence-corrected chi connectivity index (χ1v) is 13.7. The Labute approximate surface area is 222 Å². The van der Waals surface area contributed by atoms with Crippen LogP contribution < -0.4 is 4.74 Å². The van der Waals surface area contributed by atoms with Gasteiger partial charge in [0, 0.05) is 5.02 Å². The Balaban J connectivity index is 1.88. The van der Waals surface area contributed by atoms with E-state index in [9.17, 15) is 0 Å². The summed E-state index contributed by atoms with van der Waals surface area (Å²) in [6, 6.07) is 32.2. The summed E-state index contributed by atoms with van der Waals surface area (Å²) in [5.41, 5.74) is 8.71. The molecule has 0 aliphatic rings. The zero-order valence-corrected chi connectivity index (χ0v) is 22.5. The van der Waals surface area contributed by atoms with Crippen molar-refractivity contribution in [3.63, 3.8) is 0 Å². The smallest absolute Gasteiger partial charge is 0.119 e. The lowest BCUT2D eigenvalue weighted by Crippen LogP contribution is -2.07. The molecule has 4 aromatic carbocycles. The molecule has 1 nitrogen and oxygen atoms in total. The molecule has 0 aliphatic carbocycles. The summed E-state index contributed by atoms with van der Waals surface area (Å²) in [4.78, 5) is 0. The summed E-state index contributed by atoms with van der Waals surface area (Å²) in [6.45, 7) is 7.43. The van der Waals surface area contributed by atoms with Crippen LogP contribution in [0.5, 0.6) is 5.75 Å². The summed E-state index contributed by atoms with van der Waals surface area (Å²) >= 11 is 6.51. The van der Waals surface area contributed by atoms with E-state index < -0.39 is 0 Å². The van der Waals surface area contributed by atoms with Crippen molar-refractivity contribution in [3.05, 3.63) is 102 Å². The zero-order chi connectivity index (χ0) is 25.3. The van der Waals surface area contributed by atoms with Gasteiger partial charge >= 0.3 is 0 Å². The lowest BCUT2D eigenvalue weighted by molar-refractivity contribution is 0.256. The summed E-state index contributed by atoms with van der Waals surface area (Å²) in [7, 11) is 0. The summed E-state index contributed by atoms with van der Waals surface area (Å²) < 4.78 is 6.07. The number of aryl methyl sites for hydroxylation is 1. The van der Waals surface area contributed by atoms with Crippen molar-refractivity contribution >= 4 is 11.6 Å². The van der Waals surface area contributed by atoms with Gasteiger partial charge < -0.3 is 4.74 Å². The molecule has 0 radical (unpaired) electrons. The maximum atomic E-state index is 6.51. The summed E-state index contributed by atoms with van der Waals surface area (Å²) in [5.74, 6) is 1.47. The van der Waals surface area contributed by atoms with E-state index in [-0.39, 0.29) is 0 Å². The highest BCUT2D eigenvalue weighted by atomic mass is 35.5. The first-order chi connectivity index (χ1) is 17.6. The van der Waals surface area contributed by atoms with Crippen molar-refractivity contribution in [3.8, 4) is 39.1 Å². The van der Waals surface area contributed by atoms with E-state index >= 15 is 0 Å². The van der Waals surface area contributed by atoms with Gasteiger partial charge in [0.05, 0.1) is 6.61 Å². The largest absolute Gasteiger partial charge is 0.493 e. The van der Waals surface area contributed by atoms with Crippen molar-refractivity contribution in [2.75, 3.05) is 6.61 Å². The quantitative estimate of drug-likeness (QED) is 0.187. The molecular weight excluding hydrogens is 460 g/mol. The first-order valence-electron chi connectivity index (χ1n) is 13.3. The van der Waals surface area contributed by atoms with Crippen LogP contribution in [0, 0.1) is 5.92 Å². The highest BCUT2D eigenvalue weighted by molar-refractivity contribution is 6.31. The van der Waals surface area contributed by atoms with E-state index in [0.717, 1.165) is 35.8 Å². The number of unbranched alkanes of at least 4 members (excludes halogenated alkanes) is 2. The molecule has 0 fully saturated rings. The molecule has 0 aliphatic heterocycles. The average molecular weight is 497 g/mol. The van der Waals surface area contributed by atoms with E-state index in [2.05, 4.69) is 99.6 Å². The zero-order valence-electron chi connectivity index (χ0n) is 21.8. The van der Waals surface area contributed by atoms with Gasteiger partial charge in [-0.1, -0.05) is 118 Å². The van der Waals surface area contributed by atoms with Crippen LogP contribution in [0.2, 0.25) is 5.02 Å². The van der Waals surface area contributed by atoms with Gasteiger partial charge in [-0.25, -0.2) is 0 Å². The topological polar surface area (TPSA) is 9.23 Å². The Hall–Kier alpha value is -3.03. The third-order valence-corrected chi connectivity index (χ3v) is 7.15. The van der Waals surface area contributed by atoms with Crippen LogP contribution >= 0.6 is 11.6 Å². The van der Waals surface area contributed by atoms with Gasteiger partial charge in [-0.3, -0.25) is 0 Å². The van der Waals surface area contributed by atoms with Crippen LogP contribution in [-0.2, 0) is 6.42 Å². The van der Waals surface area contributed by atoms with E-state index in [1.807, 2.05) is 12.1 Å². The summed E-state index contributed by atoms with van der Waals surface area (Å²) in [6.07, 6.45) is 5.79. The van der Waals surface area contributed by atoms with E-state index in [4.69, 9.17) is 16.3 Å². The molecule has 0 aromatic heterocycles. The normalized spacial score (nSPS) is 11.9. The Morgan fingerprint density at radius 2 is 1.47 bits per heavy atom. The summed E-state index contributed by atoms with van der Waals surface area (Å²) in [5, 5.41) is 0.752. The van der Waals surface area contributed by atoms with Gasteiger partial charge in [0.2, 0.25) is 0 Å². The molecule has 0 saturated carbocycles. The van der Waals surface area contributed by atoms with Gasteiger partial charge in [0.15, 0.2) is 0 Å². The predicted molar refractivity (Wildman–Crippen MR) is 156 cm³/mol. The molecule has 1 unspecified atom stereocenters.